The molecule has 0 fully saturated rings. The Morgan fingerprint density at radius 2 is 1.73 bits per heavy atom. The van der Waals surface area contributed by atoms with Crippen LogP contribution in [-0.2, 0) is 6.61 Å². The van der Waals surface area contributed by atoms with Gasteiger partial charge < -0.3 is 9.47 Å². The fraction of sp³-hybridized carbons (Fsp3) is 0.154. The number of rotatable bonds is 9. The van der Waals surface area contributed by atoms with Gasteiger partial charge in [0, 0.05) is 10.8 Å². The van der Waals surface area contributed by atoms with Gasteiger partial charge >= 0.3 is 0 Å². The van der Waals surface area contributed by atoms with E-state index in [9.17, 15) is 0 Å². The number of nitrogens with zero attached hydrogens (tertiary/aromatic N) is 3. The van der Waals surface area contributed by atoms with Gasteiger partial charge in [-0.05, 0) is 54.4 Å². The number of methoxy groups -OCH3 is 1. The highest BCUT2D eigenvalue weighted by Gasteiger charge is 2.16. The fourth-order valence-electron chi connectivity index (χ4n) is 3.16. The van der Waals surface area contributed by atoms with Crippen LogP contribution in [0.15, 0.2) is 84.0 Å². The van der Waals surface area contributed by atoms with Crippen LogP contribution in [0.3, 0.4) is 0 Å². The molecule has 0 amide bonds. The average Bonchev–Trinajstić information content (AvgIpc) is 3.26. The third kappa shape index (κ3) is 5.97. The Hall–Kier alpha value is -3.22. The fourth-order valence-corrected chi connectivity index (χ4v) is 4.11. The van der Waals surface area contributed by atoms with E-state index in [0.29, 0.717) is 10.8 Å². The molecule has 1 heterocycles. The molecule has 0 aliphatic carbocycles. The summed E-state index contributed by atoms with van der Waals surface area (Å²) in [5.74, 6) is 2.96. The molecule has 0 spiro atoms. The molecule has 7 heteroatoms. The lowest BCUT2D eigenvalue weighted by atomic mass is 10.2. The largest absolute Gasteiger partial charge is 0.497 e. The highest BCUT2D eigenvalue weighted by atomic mass is 35.5. The second-order valence-electron chi connectivity index (χ2n) is 7.26. The lowest BCUT2D eigenvalue weighted by Gasteiger charge is -2.12. The van der Waals surface area contributed by atoms with Crippen LogP contribution in [0.5, 0.6) is 11.5 Å². The van der Waals surface area contributed by atoms with Crippen molar-refractivity contribution >= 4 is 29.4 Å². The highest BCUT2D eigenvalue weighted by Crippen LogP contribution is 2.27. The zero-order valence-electron chi connectivity index (χ0n) is 18.4. The van der Waals surface area contributed by atoms with Gasteiger partial charge in [0.25, 0.3) is 0 Å². The van der Waals surface area contributed by atoms with Gasteiger partial charge in [-0.25, -0.2) is 0 Å². The number of aromatic nitrogens is 3. The van der Waals surface area contributed by atoms with Crippen LogP contribution in [0.1, 0.15) is 17.0 Å². The molecule has 0 unspecified atom stereocenters. The van der Waals surface area contributed by atoms with Gasteiger partial charge in [0.1, 0.15) is 18.1 Å². The summed E-state index contributed by atoms with van der Waals surface area (Å²) in [7, 11) is 1.64. The number of hydrogen-bond donors (Lipinski definition) is 0. The van der Waals surface area contributed by atoms with E-state index in [1.807, 2.05) is 72.2 Å². The minimum absolute atomic E-state index is 0.269. The Balaban J connectivity index is 1.54. The van der Waals surface area contributed by atoms with Gasteiger partial charge in [0.05, 0.1) is 12.8 Å². The standard InChI is InChI=1S/C26H24ClN3O2S/c1-19-10-11-21(17-24(19)27)30-25(18-32-23-14-12-22(31-2)13-15-23)28-29-26(30)33-16-6-9-20-7-4-3-5-8-20/h3-15,17H,16,18H2,1-2H3. The number of hydrogen-bond acceptors (Lipinski definition) is 5. The first kappa shape index (κ1) is 23.0. The van der Waals surface area contributed by atoms with Crippen LogP contribution in [0, 0.1) is 6.92 Å². The molecule has 0 bridgehead atoms. The molecule has 3 aromatic carbocycles. The van der Waals surface area contributed by atoms with E-state index in [0.717, 1.165) is 33.7 Å². The Bertz CT molecular complexity index is 1220. The molecule has 0 aliphatic heterocycles. The Labute approximate surface area is 203 Å². The molecule has 0 aliphatic rings. The van der Waals surface area contributed by atoms with Gasteiger partial charge in [-0.15, -0.1) is 10.2 Å². The Morgan fingerprint density at radius 1 is 0.970 bits per heavy atom. The number of ether oxygens (including phenoxy) is 2. The zero-order chi connectivity index (χ0) is 23.0. The van der Waals surface area contributed by atoms with Crippen molar-refractivity contribution in [1.82, 2.24) is 14.8 Å². The second kappa shape index (κ2) is 11.1. The summed E-state index contributed by atoms with van der Waals surface area (Å²) in [6.45, 7) is 2.25. The maximum Gasteiger partial charge on any atom is 0.196 e. The van der Waals surface area contributed by atoms with Crippen LogP contribution in [-0.4, -0.2) is 27.6 Å². The minimum atomic E-state index is 0.269. The summed E-state index contributed by atoms with van der Waals surface area (Å²) in [5.41, 5.74) is 3.08. The molecule has 0 N–H and O–H groups in total. The predicted molar refractivity (Wildman–Crippen MR) is 135 cm³/mol. The number of thioether (sulfide) groups is 1. The molecule has 1 aromatic heterocycles. The molecule has 168 valence electrons. The number of benzene rings is 3. The van der Waals surface area contributed by atoms with Crippen LogP contribution in [0.2, 0.25) is 5.02 Å². The zero-order valence-corrected chi connectivity index (χ0v) is 20.0. The van der Waals surface area contributed by atoms with E-state index in [4.69, 9.17) is 21.1 Å². The van der Waals surface area contributed by atoms with Crippen molar-refractivity contribution in [2.24, 2.45) is 0 Å². The van der Waals surface area contributed by atoms with Crippen LogP contribution >= 0.6 is 23.4 Å². The summed E-state index contributed by atoms with van der Waals surface area (Å²) in [6, 6.07) is 23.6. The van der Waals surface area contributed by atoms with Crippen molar-refractivity contribution in [3.63, 3.8) is 0 Å². The van der Waals surface area contributed by atoms with E-state index in [2.05, 4.69) is 34.5 Å². The van der Waals surface area contributed by atoms with Gasteiger partial charge in [0.2, 0.25) is 0 Å². The first-order valence-corrected chi connectivity index (χ1v) is 11.8. The van der Waals surface area contributed by atoms with Crippen LogP contribution < -0.4 is 9.47 Å². The lowest BCUT2D eigenvalue weighted by molar-refractivity contribution is 0.292. The van der Waals surface area contributed by atoms with E-state index in [1.165, 1.54) is 5.56 Å². The molecule has 0 atom stereocenters. The van der Waals surface area contributed by atoms with Gasteiger partial charge in [-0.1, -0.05) is 71.9 Å². The van der Waals surface area contributed by atoms with Crippen molar-refractivity contribution < 1.29 is 9.47 Å². The maximum absolute atomic E-state index is 6.42. The van der Waals surface area contributed by atoms with Crippen molar-refractivity contribution in [2.45, 2.75) is 18.7 Å². The van der Waals surface area contributed by atoms with Crippen molar-refractivity contribution in [3.8, 4) is 17.2 Å². The summed E-state index contributed by atoms with van der Waals surface area (Å²) in [5, 5.41) is 10.3. The summed E-state index contributed by atoms with van der Waals surface area (Å²) in [6.07, 6.45) is 4.22. The SMILES string of the molecule is COc1ccc(OCc2nnc(SCC=Cc3ccccc3)n2-c2ccc(C)c(Cl)c2)cc1. The van der Waals surface area contributed by atoms with Gasteiger partial charge in [0.15, 0.2) is 11.0 Å². The molecule has 0 saturated heterocycles. The third-order valence-corrected chi connectivity index (χ3v) is 6.25. The Morgan fingerprint density at radius 3 is 2.45 bits per heavy atom. The van der Waals surface area contributed by atoms with E-state index in [-0.39, 0.29) is 6.61 Å². The monoisotopic (exact) mass is 477 g/mol. The maximum atomic E-state index is 6.42. The lowest BCUT2D eigenvalue weighted by Crippen LogP contribution is -2.07. The van der Waals surface area contributed by atoms with Crippen molar-refractivity contribution in [3.05, 3.63) is 101 Å². The Kier molecular flexibility index (Phi) is 7.70. The van der Waals surface area contributed by atoms with Crippen LogP contribution in [0.4, 0.5) is 0 Å². The topological polar surface area (TPSA) is 49.2 Å². The molecular weight excluding hydrogens is 454 g/mol. The molecule has 4 aromatic rings. The molecule has 5 nitrogen and oxygen atoms in total. The summed E-state index contributed by atoms with van der Waals surface area (Å²) >= 11 is 8.02. The first-order valence-electron chi connectivity index (χ1n) is 10.5. The van der Waals surface area contributed by atoms with E-state index < -0.39 is 0 Å². The van der Waals surface area contributed by atoms with Gasteiger partial charge in [-0.3, -0.25) is 4.57 Å². The van der Waals surface area contributed by atoms with Crippen molar-refractivity contribution in [1.29, 1.82) is 0 Å². The van der Waals surface area contributed by atoms with Crippen LogP contribution in [0.25, 0.3) is 11.8 Å². The van der Waals surface area contributed by atoms with E-state index >= 15 is 0 Å². The summed E-state index contributed by atoms with van der Waals surface area (Å²) in [4.78, 5) is 0. The average molecular weight is 478 g/mol. The summed E-state index contributed by atoms with van der Waals surface area (Å²) < 4.78 is 13.2. The molecule has 0 radical (unpaired) electrons. The van der Waals surface area contributed by atoms with E-state index in [1.54, 1.807) is 18.9 Å². The smallest absolute Gasteiger partial charge is 0.196 e. The number of aryl methyl sites for hydroxylation is 1. The molecular formula is C26H24ClN3O2S. The first-order chi connectivity index (χ1) is 16.1. The number of halogens is 1. The molecule has 4 rings (SSSR count). The third-order valence-electron chi connectivity index (χ3n) is 4.96. The predicted octanol–water partition coefficient (Wildman–Crippen LogP) is 6.62. The van der Waals surface area contributed by atoms with Crippen molar-refractivity contribution in [2.75, 3.05) is 12.9 Å². The second-order valence-corrected chi connectivity index (χ2v) is 8.65. The van der Waals surface area contributed by atoms with Gasteiger partial charge in [-0.2, -0.15) is 0 Å². The highest BCUT2D eigenvalue weighted by molar-refractivity contribution is 7.99. The quantitative estimate of drug-likeness (QED) is 0.253. The minimum Gasteiger partial charge on any atom is -0.497 e. The molecule has 0 saturated carbocycles. The molecule has 33 heavy (non-hydrogen) atoms. The normalized spacial score (nSPS) is 11.1.